The lowest BCUT2D eigenvalue weighted by molar-refractivity contribution is -0.117. The highest BCUT2D eigenvalue weighted by Crippen LogP contribution is 2.26. The fraction of sp³-hybridized carbons (Fsp3) is 0.478. The third-order valence-electron chi connectivity index (χ3n) is 6.50. The molecule has 0 atom stereocenters. The Labute approximate surface area is 188 Å². The number of hydrogen-bond acceptors (Lipinski definition) is 7. The van der Waals surface area contributed by atoms with Crippen LogP contribution in [0, 0.1) is 6.92 Å². The van der Waals surface area contributed by atoms with Gasteiger partial charge >= 0.3 is 0 Å². The summed E-state index contributed by atoms with van der Waals surface area (Å²) < 4.78 is 1.76. The predicted octanol–water partition coefficient (Wildman–Crippen LogP) is 2.03. The molecule has 9 heteroatoms. The number of rotatable bonds is 5. The Morgan fingerprint density at radius 1 is 1.03 bits per heavy atom. The Balaban J connectivity index is 1.16. The molecule has 0 bridgehead atoms. The maximum atomic E-state index is 12.7. The van der Waals surface area contributed by atoms with Gasteiger partial charge in [0.25, 0.3) is 0 Å². The number of benzene rings is 1. The number of piperazine rings is 1. The molecule has 2 aromatic heterocycles. The number of amides is 1. The molecular formula is C23H30N8O. The van der Waals surface area contributed by atoms with Crippen LogP contribution in [0.2, 0.25) is 0 Å². The molecule has 0 aliphatic carbocycles. The monoisotopic (exact) mass is 434 g/mol. The Bertz CT molecular complexity index is 1110. The van der Waals surface area contributed by atoms with E-state index in [1.807, 2.05) is 19.3 Å². The van der Waals surface area contributed by atoms with E-state index in [0.29, 0.717) is 6.54 Å². The molecule has 5 rings (SSSR count). The number of nitrogens with zero attached hydrogens (tertiary/aromatic N) is 7. The SMILES string of the molecule is Cc1cc(N2CCCC2)ccc1NC(=O)CN1CCN(c2ncnc3c2cnn3C)CC1. The first-order chi connectivity index (χ1) is 15.6. The lowest BCUT2D eigenvalue weighted by Gasteiger charge is -2.35. The van der Waals surface area contributed by atoms with Gasteiger partial charge in [0.05, 0.1) is 18.1 Å². The van der Waals surface area contributed by atoms with E-state index in [9.17, 15) is 4.79 Å². The molecule has 2 aliphatic heterocycles. The van der Waals surface area contributed by atoms with Crippen LogP contribution in [0.15, 0.2) is 30.7 Å². The van der Waals surface area contributed by atoms with E-state index in [-0.39, 0.29) is 5.91 Å². The Morgan fingerprint density at radius 3 is 2.56 bits per heavy atom. The van der Waals surface area contributed by atoms with Crippen LogP contribution in [0.5, 0.6) is 0 Å². The first-order valence-corrected chi connectivity index (χ1v) is 11.3. The summed E-state index contributed by atoms with van der Waals surface area (Å²) in [5, 5.41) is 8.37. The molecule has 1 amide bonds. The highest BCUT2D eigenvalue weighted by atomic mass is 16.2. The summed E-state index contributed by atoms with van der Waals surface area (Å²) >= 11 is 0. The van der Waals surface area contributed by atoms with Gasteiger partial charge in [-0.3, -0.25) is 14.4 Å². The zero-order valence-corrected chi connectivity index (χ0v) is 18.8. The predicted molar refractivity (Wildman–Crippen MR) is 126 cm³/mol. The van der Waals surface area contributed by atoms with Crippen molar-refractivity contribution in [2.75, 3.05) is 60.9 Å². The van der Waals surface area contributed by atoms with Crippen molar-refractivity contribution in [3.63, 3.8) is 0 Å². The number of nitrogens with one attached hydrogen (secondary N) is 1. The summed E-state index contributed by atoms with van der Waals surface area (Å²) in [7, 11) is 1.89. The summed E-state index contributed by atoms with van der Waals surface area (Å²) in [5.41, 5.74) is 4.10. The van der Waals surface area contributed by atoms with Gasteiger partial charge in [-0.2, -0.15) is 5.10 Å². The van der Waals surface area contributed by atoms with E-state index in [4.69, 9.17) is 0 Å². The summed E-state index contributed by atoms with van der Waals surface area (Å²) in [6.07, 6.45) is 5.93. The molecule has 2 fully saturated rings. The molecule has 168 valence electrons. The van der Waals surface area contributed by atoms with Gasteiger partial charge in [-0.05, 0) is 43.5 Å². The number of fused-ring (bicyclic) bond motifs is 1. The second-order valence-corrected chi connectivity index (χ2v) is 8.71. The van der Waals surface area contributed by atoms with E-state index in [1.54, 1.807) is 11.0 Å². The molecule has 4 heterocycles. The molecule has 1 aromatic carbocycles. The van der Waals surface area contributed by atoms with Gasteiger partial charge in [0, 0.05) is 57.7 Å². The van der Waals surface area contributed by atoms with E-state index >= 15 is 0 Å². The number of anilines is 3. The minimum absolute atomic E-state index is 0.0344. The minimum Gasteiger partial charge on any atom is -0.372 e. The van der Waals surface area contributed by atoms with Gasteiger partial charge in [0.1, 0.15) is 12.1 Å². The van der Waals surface area contributed by atoms with Gasteiger partial charge in [-0.25, -0.2) is 9.97 Å². The van der Waals surface area contributed by atoms with Gasteiger partial charge < -0.3 is 15.1 Å². The van der Waals surface area contributed by atoms with Crippen molar-refractivity contribution >= 4 is 34.1 Å². The summed E-state index contributed by atoms with van der Waals surface area (Å²) in [5.74, 6) is 0.952. The molecule has 1 N–H and O–H groups in total. The minimum atomic E-state index is 0.0344. The van der Waals surface area contributed by atoms with E-state index in [1.165, 1.54) is 18.5 Å². The van der Waals surface area contributed by atoms with Crippen LogP contribution in [-0.2, 0) is 11.8 Å². The fourth-order valence-corrected chi connectivity index (χ4v) is 4.67. The fourth-order valence-electron chi connectivity index (χ4n) is 4.67. The molecule has 3 aromatic rings. The van der Waals surface area contributed by atoms with Gasteiger partial charge in [0.15, 0.2) is 5.65 Å². The first-order valence-electron chi connectivity index (χ1n) is 11.3. The van der Waals surface area contributed by atoms with E-state index in [2.05, 4.69) is 54.1 Å². The van der Waals surface area contributed by atoms with Gasteiger partial charge in [-0.15, -0.1) is 0 Å². The quantitative estimate of drug-likeness (QED) is 0.658. The Morgan fingerprint density at radius 2 is 1.81 bits per heavy atom. The molecule has 0 saturated carbocycles. The second-order valence-electron chi connectivity index (χ2n) is 8.71. The maximum absolute atomic E-state index is 12.7. The second kappa shape index (κ2) is 8.74. The van der Waals surface area contributed by atoms with Crippen molar-refractivity contribution in [3.8, 4) is 0 Å². The molecule has 0 spiro atoms. The topological polar surface area (TPSA) is 82.4 Å². The van der Waals surface area contributed by atoms with Crippen molar-refractivity contribution in [3.05, 3.63) is 36.3 Å². The third-order valence-corrected chi connectivity index (χ3v) is 6.50. The van der Waals surface area contributed by atoms with Crippen LogP contribution < -0.4 is 15.1 Å². The standard InChI is InChI=1S/C23H30N8O/c1-17-13-18(30-7-3-4-8-30)5-6-20(17)27-21(32)15-29-9-11-31(12-10-29)23-19-14-26-28(2)22(19)24-16-25-23/h5-6,13-14,16H,3-4,7-12,15H2,1-2H3,(H,27,32). The number of aryl methyl sites for hydroxylation is 2. The van der Waals surface area contributed by atoms with Crippen LogP contribution in [-0.4, -0.2) is 76.4 Å². The number of carbonyl (C=O) groups is 1. The zero-order chi connectivity index (χ0) is 22.1. The van der Waals surface area contributed by atoms with Crippen LogP contribution in [0.1, 0.15) is 18.4 Å². The smallest absolute Gasteiger partial charge is 0.238 e. The molecule has 0 unspecified atom stereocenters. The normalized spacial score (nSPS) is 17.3. The largest absolute Gasteiger partial charge is 0.372 e. The van der Waals surface area contributed by atoms with Crippen molar-refractivity contribution in [2.24, 2.45) is 7.05 Å². The zero-order valence-electron chi connectivity index (χ0n) is 18.8. The molecule has 2 saturated heterocycles. The molecule has 0 radical (unpaired) electrons. The average molecular weight is 435 g/mol. The van der Waals surface area contributed by atoms with Crippen molar-refractivity contribution < 1.29 is 4.79 Å². The van der Waals surface area contributed by atoms with Crippen LogP contribution in [0.25, 0.3) is 11.0 Å². The van der Waals surface area contributed by atoms with Crippen LogP contribution in [0.4, 0.5) is 17.2 Å². The highest BCUT2D eigenvalue weighted by Gasteiger charge is 2.22. The summed E-state index contributed by atoms with van der Waals surface area (Å²) in [6.45, 7) is 7.97. The number of hydrogen-bond donors (Lipinski definition) is 1. The first kappa shape index (κ1) is 20.7. The van der Waals surface area contributed by atoms with E-state index < -0.39 is 0 Å². The summed E-state index contributed by atoms with van der Waals surface area (Å²) in [4.78, 5) is 28.4. The number of aromatic nitrogens is 4. The van der Waals surface area contributed by atoms with Crippen molar-refractivity contribution in [1.29, 1.82) is 0 Å². The van der Waals surface area contributed by atoms with Gasteiger partial charge in [-0.1, -0.05) is 0 Å². The van der Waals surface area contributed by atoms with Crippen LogP contribution in [0.3, 0.4) is 0 Å². The lowest BCUT2D eigenvalue weighted by atomic mass is 10.1. The molecular weight excluding hydrogens is 404 g/mol. The maximum Gasteiger partial charge on any atom is 0.238 e. The average Bonchev–Trinajstić information content (AvgIpc) is 3.46. The molecule has 2 aliphatic rings. The molecule has 32 heavy (non-hydrogen) atoms. The Kier molecular flexibility index (Phi) is 5.65. The van der Waals surface area contributed by atoms with E-state index in [0.717, 1.165) is 67.4 Å². The number of carbonyl (C=O) groups excluding carboxylic acids is 1. The Hall–Kier alpha value is -3.20. The van der Waals surface area contributed by atoms with Crippen molar-refractivity contribution in [2.45, 2.75) is 19.8 Å². The summed E-state index contributed by atoms with van der Waals surface area (Å²) in [6, 6.07) is 6.33. The molecule has 9 nitrogen and oxygen atoms in total. The third kappa shape index (κ3) is 4.12. The highest BCUT2D eigenvalue weighted by molar-refractivity contribution is 5.93. The lowest BCUT2D eigenvalue weighted by Crippen LogP contribution is -2.49. The van der Waals surface area contributed by atoms with Crippen LogP contribution >= 0.6 is 0 Å². The van der Waals surface area contributed by atoms with Gasteiger partial charge in [0.2, 0.25) is 5.91 Å². The van der Waals surface area contributed by atoms with Crippen molar-refractivity contribution in [1.82, 2.24) is 24.6 Å².